The number of hydrogen-bond acceptors (Lipinski definition) is 3. The van der Waals surface area contributed by atoms with E-state index in [1.807, 2.05) is 45.0 Å². The molecule has 16 heavy (non-hydrogen) atoms. The number of thiol groups is 1. The Hall–Kier alpha value is -1.16. The van der Waals surface area contributed by atoms with Gasteiger partial charge in [-0.2, -0.15) is 0 Å². The van der Waals surface area contributed by atoms with E-state index in [4.69, 9.17) is 4.74 Å². The first-order valence-electron chi connectivity index (χ1n) is 5.05. The molecule has 1 aromatic carbocycles. The number of benzene rings is 1. The summed E-state index contributed by atoms with van der Waals surface area (Å²) in [6, 6.07) is 7.35. The van der Waals surface area contributed by atoms with Crippen molar-refractivity contribution in [3.63, 3.8) is 0 Å². The van der Waals surface area contributed by atoms with E-state index in [1.54, 1.807) is 7.05 Å². The van der Waals surface area contributed by atoms with Crippen molar-refractivity contribution in [2.45, 2.75) is 31.3 Å². The van der Waals surface area contributed by atoms with Crippen molar-refractivity contribution < 1.29 is 9.53 Å². The summed E-state index contributed by atoms with van der Waals surface area (Å²) in [6.07, 6.45) is -0.369. The van der Waals surface area contributed by atoms with E-state index in [9.17, 15) is 4.79 Å². The third kappa shape index (κ3) is 3.77. The predicted molar refractivity (Wildman–Crippen MR) is 68.3 cm³/mol. The molecule has 0 atom stereocenters. The number of carbonyl (C=O) groups excluding carboxylic acids is 1. The number of rotatable bonds is 1. The standard InChI is InChI=1S/C12H17NO2S/c1-12(2,3)15-11(14)13(4)9-6-5-7-10(16)8-9/h5-8,16H,1-4H3. The Bertz CT molecular complexity index is 385. The van der Waals surface area contributed by atoms with Crippen molar-refractivity contribution in [2.24, 2.45) is 0 Å². The maximum atomic E-state index is 11.7. The molecule has 1 aromatic rings. The van der Waals surface area contributed by atoms with Gasteiger partial charge in [0.15, 0.2) is 0 Å². The topological polar surface area (TPSA) is 29.5 Å². The number of anilines is 1. The predicted octanol–water partition coefficient (Wildman–Crippen LogP) is 3.35. The molecule has 0 N–H and O–H groups in total. The Balaban J connectivity index is 2.78. The molecular weight excluding hydrogens is 222 g/mol. The monoisotopic (exact) mass is 239 g/mol. The molecular formula is C12H17NO2S. The first kappa shape index (κ1) is 12.9. The highest BCUT2D eigenvalue weighted by Gasteiger charge is 2.20. The molecule has 0 unspecified atom stereocenters. The van der Waals surface area contributed by atoms with Crippen LogP contribution in [0, 0.1) is 0 Å². The molecule has 0 aliphatic rings. The Kier molecular flexibility index (Phi) is 3.86. The summed E-state index contributed by atoms with van der Waals surface area (Å²) in [5.41, 5.74) is 0.283. The highest BCUT2D eigenvalue weighted by atomic mass is 32.1. The molecule has 0 saturated carbocycles. The molecule has 4 heteroatoms. The van der Waals surface area contributed by atoms with Crippen LogP contribution >= 0.6 is 12.6 Å². The second-order valence-corrected chi connectivity index (χ2v) is 5.08. The molecule has 0 spiro atoms. The number of carbonyl (C=O) groups is 1. The minimum Gasteiger partial charge on any atom is -0.443 e. The van der Waals surface area contributed by atoms with Gasteiger partial charge >= 0.3 is 6.09 Å². The van der Waals surface area contributed by atoms with Crippen LogP contribution in [-0.2, 0) is 4.74 Å². The maximum absolute atomic E-state index is 11.7. The molecule has 3 nitrogen and oxygen atoms in total. The van der Waals surface area contributed by atoms with Gasteiger partial charge < -0.3 is 4.74 Å². The van der Waals surface area contributed by atoms with Crippen LogP contribution in [0.5, 0.6) is 0 Å². The number of ether oxygens (including phenoxy) is 1. The summed E-state index contributed by atoms with van der Waals surface area (Å²) in [6.45, 7) is 5.52. The van der Waals surface area contributed by atoms with Gasteiger partial charge in [-0.05, 0) is 39.0 Å². The lowest BCUT2D eigenvalue weighted by Gasteiger charge is -2.24. The van der Waals surface area contributed by atoms with Gasteiger partial charge in [-0.15, -0.1) is 12.6 Å². The van der Waals surface area contributed by atoms with Crippen LogP contribution in [0.4, 0.5) is 10.5 Å². The van der Waals surface area contributed by atoms with Crippen molar-refractivity contribution in [3.05, 3.63) is 24.3 Å². The lowest BCUT2D eigenvalue weighted by Crippen LogP contribution is -2.34. The Morgan fingerprint density at radius 3 is 2.50 bits per heavy atom. The molecule has 0 aromatic heterocycles. The smallest absolute Gasteiger partial charge is 0.414 e. The van der Waals surface area contributed by atoms with Crippen LogP contribution in [0.15, 0.2) is 29.2 Å². The fraction of sp³-hybridized carbons (Fsp3) is 0.417. The largest absolute Gasteiger partial charge is 0.443 e. The van der Waals surface area contributed by atoms with Gasteiger partial charge in [-0.3, -0.25) is 4.90 Å². The van der Waals surface area contributed by atoms with Crippen molar-refractivity contribution in [2.75, 3.05) is 11.9 Å². The molecule has 0 saturated heterocycles. The number of amides is 1. The lowest BCUT2D eigenvalue weighted by atomic mass is 10.2. The summed E-state index contributed by atoms with van der Waals surface area (Å²) < 4.78 is 5.26. The summed E-state index contributed by atoms with van der Waals surface area (Å²) >= 11 is 4.22. The summed E-state index contributed by atoms with van der Waals surface area (Å²) in [7, 11) is 1.68. The van der Waals surface area contributed by atoms with E-state index in [0.717, 1.165) is 10.6 Å². The van der Waals surface area contributed by atoms with E-state index in [2.05, 4.69) is 12.6 Å². The summed E-state index contributed by atoms with van der Waals surface area (Å²) in [4.78, 5) is 14.0. The average molecular weight is 239 g/mol. The van der Waals surface area contributed by atoms with Crippen molar-refractivity contribution >= 4 is 24.4 Å². The minimum absolute atomic E-state index is 0.369. The van der Waals surface area contributed by atoms with E-state index in [-0.39, 0.29) is 6.09 Å². The molecule has 0 radical (unpaired) electrons. The van der Waals surface area contributed by atoms with Crippen molar-refractivity contribution in [1.82, 2.24) is 0 Å². The fourth-order valence-corrected chi connectivity index (χ4v) is 1.36. The quantitative estimate of drug-likeness (QED) is 0.762. The zero-order valence-corrected chi connectivity index (χ0v) is 10.9. The molecule has 1 rings (SSSR count). The zero-order chi connectivity index (χ0) is 12.3. The Morgan fingerprint density at radius 2 is 2.00 bits per heavy atom. The second kappa shape index (κ2) is 4.78. The fourth-order valence-electron chi connectivity index (χ4n) is 1.14. The third-order valence-electron chi connectivity index (χ3n) is 1.88. The average Bonchev–Trinajstić information content (AvgIpc) is 2.14. The molecule has 1 amide bonds. The molecule has 88 valence electrons. The van der Waals surface area contributed by atoms with E-state index in [1.165, 1.54) is 4.90 Å². The molecule has 0 fully saturated rings. The molecule has 0 aliphatic carbocycles. The second-order valence-electron chi connectivity index (χ2n) is 4.56. The molecule has 0 heterocycles. The van der Waals surface area contributed by atoms with Gasteiger partial charge in [-0.25, -0.2) is 4.79 Å². The number of hydrogen-bond donors (Lipinski definition) is 1. The van der Waals surface area contributed by atoms with Gasteiger partial charge in [-0.1, -0.05) is 6.07 Å². The summed E-state index contributed by atoms with van der Waals surface area (Å²) in [5, 5.41) is 0. The first-order chi connectivity index (χ1) is 7.29. The van der Waals surface area contributed by atoms with Crippen molar-refractivity contribution in [1.29, 1.82) is 0 Å². The van der Waals surface area contributed by atoms with E-state index < -0.39 is 5.60 Å². The van der Waals surface area contributed by atoms with Crippen LogP contribution in [0.25, 0.3) is 0 Å². The number of nitrogens with zero attached hydrogens (tertiary/aromatic N) is 1. The Morgan fingerprint density at radius 1 is 1.38 bits per heavy atom. The van der Waals surface area contributed by atoms with Gasteiger partial charge in [0, 0.05) is 17.6 Å². The molecule has 0 aliphatic heterocycles. The normalized spacial score (nSPS) is 11.1. The van der Waals surface area contributed by atoms with Gasteiger partial charge in [0.25, 0.3) is 0 Å². The van der Waals surface area contributed by atoms with Crippen LogP contribution in [0.3, 0.4) is 0 Å². The van der Waals surface area contributed by atoms with E-state index >= 15 is 0 Å². The third-order valence-corrected chi connectivity index (χ3v) is 2.16. The lowest BCUT2D eigenvalue weighted by molar-refractivity contribution is 0.0589. The highest BCUT2D eigenvalue weighted by molar-refractivity contribution is 7.80. The van der Waals surface area contributed by atoms with Gasteiger partial charge in [0.1, 0.15) is 5.60 Å². The SMILES string of the molecule is CN(C(=O)OC(C)(C)C)c1cccc(S)c1. The Labute approximate surface area is 102 Å². The van der Waals surface area contributed by atoms with Crippen molar-refractivity contribution in [3.8, 4) is 0 Å². The van der Waals surface area contributed by atoms with Crippen LogP contribution in [0.1, 0.15) is 20.8 Å². The van der Waals surface area contributed by atoms with E-state index in [0.29, 0.717) is 0 Å². The highest BCUT2D eigenvalue weighted by Crippen LogP contribution is 2.19. The maximum Gasteiger partial charge on any atom is 0.414 e. The van der Waals surface area contributed by atoms with Crippen LogP contribution in [-0.4, -0.2) is 18.7 Å². The summed E-state index contributed by atoms with van der Waals surface area (Å²) in [5.74, 6) is 0. The van der Waals surface area contributed by atoms with Gasteiger partial charge in [0.2, 0.25) is 0 Å². The minimum atomic E-state index is -0.482. The zero-order valence-electron chi connectivity index (χ0n) is 10.0. The van der Waals surface area contributed by atoms with Crippen LogP contribution < -0.4 is 4.90 Å². The molecule has 0 bridgehead atoms. The van der Waals surface area contributed by atoms with Crippen LogP contribution in [0.2, 0.25) is 0 Å². The van der Waals surface area contributed by atoms with Gasteiger partial charge in [0.05, 0.1) is 0 Å². The first-order valence-corrected chi connectivity index (χ1v) is 5.50.